The molecule has 0 fully saturated rings. The third-order valence-corrected chi connectivity index (χ3v) is 2.42. The van der Waals surface area contributed by atoms with Gasteiger partial charge in [0.05, 0.1) is 12.8 Å². The highest BCUT2D eigenvalue weighted by molar-refractivity contribution is 5.93. The largest absolute Gasteiger partial charge is 0.494 e. The SMILES string of the molecule is C=CCC(NC(=O)Nc1ccc(F)cc1OC)C(=O)O. The van der Waals surface area contributed by atoms with E-state index in [2.05, 4.69) is 17.2 Å². The highest BCUT2D eigenvalue weighted by atomic mass is 19.1. The number of carboxylic acids is 1. The minimum Gasteiger partial charge on any atom is -0.494 e. The molecule has 0 radical (unpaired) electrons. The van der Waals surface area contributed by atoms with Crippen LogP contribution >= 0.6 is 0 Å². The van der Waals surface area contributed by atoms with Crippen molar-refractivity contribution >= 4 is 17.7 Å². The van der Waals surface area contributed by atoms with E-state index in [1.54, 1.807) is 0 Å². The summed E-state index contributed by atoms with van der Waals surface area (Å²) < 4.78 is 17.9. The van der Waals surface area contributed by atoms with Crippen LogP contribution in [-0.4, -0.2) is 30.3 Å². The fraction of sp³-hybridized carbons (Fsp3) is 0.231. The Kier molecular flexibility index (Phi) is 5.52. The van der Waals surface area contributed by atoms with Gasteiger partial charge in [-0.3, -0.25) is 0 Å². The van der Waals surface area contributed by atoms with Crippen LogP contribution in [0.15, 0.2) is 30.9 Å². The van der Waals surface area contributed by atoms with Crippen molar-refractivity contribution in [1.82, 2.24) is 5.32 Å². The number of aliphatic carboxylic acids is 1. The molecule has 108 valence electrons. The van der Waals surface area contributed by atoms with Gasteiger partial charge in [0.1, 0.15) is 17.6 Å². The Morgan fingerprint density at radius 2 is 2.25 bits per heavy atom. The van der Waals surface area contributed by atoms with E-state index >= 15 is 0 Å². The lowest BCUT2D eigenvalue weighted by atomic mass is 10.2. The van der Waals surface area contributed by atoms with Crippen molar-refractivity contribution < 1.29 is 23.8 Å². The van der Waals surface area contributed by atoms with Gasteiger partial charge in [-0.05, 0) is 18.6 Å². The molecule has 0 spiro atoms. The van der Waals surface area contributed by atoms with Gasteiger partial charge in [0.2, 0.25) is 0 Å². The van der Waals surface area contributed by atoms with Gasteiger partial charge < -0.3 is 20.5 Å². The molecule has 1 atom stereocenters. The fourth-order valence-electron chi connectivity index (χ4n) is 1.47. The number of carbonyl (C=O) groups excluding carboxylic acids is 1. The van der Waals surface area contributed by atoms with E-state index in [1.165, 1.54) is 19.3 Å². The Bertz CT molecular complexity index is 519. The van der Waals surface area contributed by atoms with Crippen molar-refractivity contribution in [3.63, 3.8) is 0 Å². The predicted octanol–water partition coefficient (Wildman–Crippen LogP) is 1.99. The molecule has 0 aliphatic heterocycles. The first-order valence-corrected chi connectivity index (χ1v) is 5.72. The van der Waals surface area contributed by atoms with E-state index in [0.29, 0.717) is 0 Å². The number of hydrogen-bond donors (Lipinski definition) is 3. The number of carboxylic acid groups (broad SMARTS) is 1. The minimum atomic E-state index is -1.17. The zero-order valence-corrected chi connectivity index (χ0v) is 10.9. The number of anilines is 1. The third-order valence-electron chi connectivity index (χ3n) is 2.42. The molecule has 0 heterocycles. The summed E-state index contributed by atoms with van der Waals surface area (Å²) in [5, 5.41) is 13.5. The van der Waals surface area contributed by atoms with E-state index in [0.717, 1.165) is 12.1 Å². The highest BCUT2D eigenvalue weighted by Gasteiger charge is 2.18. The van der Waals surface area contributed by atoms with Crippen molar-refractivity contribution in [2.45, 2.75) is 12.5 Å². The Morgan fingerprint density at radius 3 is 2.80 bits per heavy atom. The zero-order valence-electron chi connectivity index (χ0n) is 10.9. The van der Waals surface area contributed by atoms with Gasteiger partial charge in [-0.2, -0.15) is 0 Å². The fourth-order valence-corrected chi connectivity index (χ4v) is 1.47. The number of hydrogen-bond acceptors (Lipinski definition) is 3. The minimum absolute atomic E-state index is 0.0866. The summed E-state index contributed by atoms with van der Waals surface area (Å²) >= 11 is 0. The third kappa shape index (κ3) is 4.27. The first kappa shape index (κ1) is 15.5. The topological polar surface area (TPSA) is 87.7 Å². The summed E-state index contributed by atoms with van der Waals surface area (Å²) in [5.41, 5.74) is 0.231. The van der Waals surface area contributed by atoms with E-state index in [1.807, 2.05) is 0 Å². The van der Waals surface area contributed by atoms with Crippen molar-refractivity contribution in [3.8, 4) is 5.75 Å². The summed E-state index contributed by atoms with van der Waals surface area (Å²) in [6.07, 6.45) is 1.47. The van der Waals surface area contributed by atoms with E-state index in [-0.39, 0.29) is 17.9 Å². The Morgan fingerprint density at radius 1 is 1.55 bits per heavy atom. The van der Waals surface area contributed by atoms with Gasteiger partial charge in [0.25, 0.3) is 0 Å². The lowest BCUT2D eigenvalue weighted by Gasteiger charge is -2.15. The zero-order chi connectivity index (χ0) is 15.1. The molecule has 0 saturated carbocycles. The molecule has 1 aromatic rings. The summed E-state index contributed by atoms with van der Waals surface area (Å²) in [4.78, 5) is 22.6. The monoisotopic (exact) mass is 282 g/mol. The number of halogens is 1. The van der Waals surface area contributed by atoms with Crippen molar-refractivity contribution in [2.24, 2.45) is 0 Å². The number of ether oxygens (including phenoxy) is 1. The molecule has 0 aromatic heterocycles. The van der Waals surface area contributed by atoms with Crippen molar-refractivity contribution in [1.29, 1.82) is 0 Å². The molecule has 3 N–H and O–H groups in total. The highest BCUT2D eigenvalue weighted by Crippen LogP contribution is 2.24. The summed E-state index contributed by atoms with van der Waals surface area (Å²) in [6.45, 7) is 3.41. The van der Waals surface area contributed by atoms with Crippen LogP contribution in [0.3, 0.4) is 0 Å². The Hall–Kier alpha value is -2.57. The maximum absolute atomic E-state index is 13.0. The van der Waals surface area contributed by atoms with Gasteiger partial charge in [-0.25, -0.2) is 14.0 Å². The molecule has 7 heteroatoms. The molecule has 0 saturated heterocycles. The second-order valence-corrected chi connectivity index (χ2v) is 3.86. The van der Waals surface area contributed by atoms with Crippen LogP contribution in [0.1, 0.15) is 6.42 Å². The molecule has 1 unspecified atom stereocenters. The maximum atomic E-state index is 13.0. The average molecular weight is 282 g/mol. The molecule has 6 nitrogen and oxygen atoms in total. The summed E-state index contributed by atoms with van der Waals surface area (Å²) in [6, 6.07) is 1.75. The molecule has 2 amide bonds. The predicted molar refractivity (Wildman–Crippen MR) is 71.3 cm³/mol. The lowest BCUT2D eigenvalue weighted by molar-refractivity contribution is -0.139. The molecular weight excluding hydrogens is 267 g/mol. The van der Waals surface area contributed by atoms with Crippen LogP contribution in [0.2, 0.25) is 0 Å². The summed E-state index contributed by atoms with van der Waals surface area (Å²) in [5.74, 6) is -1.55. The summed E-state index contributed by atoms with van der Waals surface area (Å²) in [7, 11) is 1.33. The molecule has 0 bridgehead atoms. The van der Waals surface area contributed by atoms with Crippen LogP contribution in [0.5, 0.6) is 5.75 Å². The number of nitrogens with one attached hydrogen (secondary N) is 2. The lowest BCUT2D eigenvalue weighted by Crippen LogP contribution is -2.42. The second-order valence-electron chi connectivity index (χ2n) is 3.86. The van der Waals surface area contributed by atoms with E-state index < -0.39 is 23.9 Å². The van der Waals surface area contributed by atoms with Crippen molar-refractivity contribution in [3.05, 3.63) is 36.7 Å². The van der Waals surface area contributed by atoms with Gasteiger partial charge in [-0.1, -0.05) is 6.08 Å². The molecule has 20 heavy (non-hydrogen) atoms. The smallest absolute Gasteiger partial charge is 0.326 e. The Labute approximate surface area is 115 Å². The maximum Gasteiger partial charge on any atom is 0.326 e. The van der Waals surface area contributed by atoms with Gasteiger partial charge in [-0.15, -0.1) is 6.58 Å². The van der Waals surface area contributed by atoms with Gasteiger partial charge in [0.15, 0.2) is 0 Å². The first-order chi connectivity index (χ1) is 9.47. The number of urea groups is 1. The number of amides is 2. The number of carbonyl (C=O) groups is 2. The molecule has 1 rings (SSSR count). The van der Waals surface area contributed by atoms with Crippen molar-refractivity contribution in [2.75, 3.05) is 12.4 Å². The number of methoxy groups -OCH3 is 1. The number of rotatable bonds is 6. The molecular formula is C13H15FN2O4. The number of benzene rings is 1. The van der Waals surface area contributed by atoms with Crippen LogP contribution in [0.25, 0.3) is 0 Å². The van der Waals surface area contributed by atoms with Crippen LogP contribution in [0.4, 0.5) is 14.9 Å². The van der Waals surface area contributed by atoms with Crippen LogP contribution in [-0.2, 0) is 4.79 Å². The normalized spacial score (nSPS) is 11.3. The molecule has 1 aromatic carbocycles. The first-order valence-electron chi connectivity index (χ1n) is 5.72. The standard InChI is InChI=1S/C13H15FN2O4/c1-3-4-10(12(17)18)16-13(19)15-9-6-5-8(14)7-11(9)20-2/h3,5-7,10H,1,4H2,2H3,(H,17,18)(H2,15,16,19). The Balaban J connectivity index is 2.75. The van der Waals surface area contributed by atoms with Gasteiger partial charge >= 0.3 is 12.0 Å². The molecule has 0 aliphatic carbocycles. The van der Waals surface area contributed by atoms with Crippen LogP contribution < -0.4 is 15.4 Å². The van der Waals surface area contributed by atoms with E-state index in [9.17, 15) is 14.0 Å². The second kappa shape index (κ2) is 7.13. The van der Waals surface area contributed by atoms with E-state index in [4.69, 9.17) is 9.84 Å². The quantitative estimate of drug-likeness (QED) is 0.696. The van der Waals surface area contributed by atoms with Crippen LogP contribution in [0, 0.1) is 5.82 Å². The molecule has 0 aliphatic rings. The average Bonchev–Trinajstić information content (AvgIpc) is 2.40. The van der Waals surface area contributed by atoms with Gasteiger partial charge in [0, 0.05) is 6.07 Å².